The van der Waals surface area contributed by atoms with Gasteiger partial charge in [-0.2, -0.15) is 0 Å². The van der Waals surface area contributed by atoms with Crippen molar-refractivity contribution < 1.29 is 38.5 Å². The maximum atomic E-state index is 11.9. The summed E-state index contributed by atoms with van der Waals surface area (Å²) in [6.07, 6.45) is -1.61. The molecule has 4 amide bonds. The lowest BCUT2D eigenvalue weighted by Crippen LogP contribution is -2.64. The maximum Gasteiger partial charge on any atom is 0.335 e. The van der Waals surface area contributed by atoms with Crippen LogP contribution in [0.3, 0.4) is 0 Å². The lowest BCUT2D eigenvalue weighted by Gasteiger charge is -2.39. The summed E-state index contributed by atoms with van der Waals surface area (Å²) in [4.78, 5) is 45.9. The molecule has 0 aromatic rings. The second kappa shape index (κ2) is 32.8. The van der Waals surface area contributed by atoms with E-state index in [0.717, 1.165) is 0 Å². The molecule has 0 radical (unpaired) electrons. The predicted octanol–water partition coefficient (Wildman–Crippen LogP) is -2.99. The summed E-state index contributed by atoms with van der Waals surface area (Å²) >= 11 is 0. The van der Waals surface area contributed by atoms with Crippen LogP contribution in [0.5, 0.6) is 0 Å². The van der Waals surface area contributed by atoms with E-state index in [0.29, 0.717) is 0 Å². The molecule has 4 atom stereocenters. The Bertz CT molecular complexity index is 2880. The molecule has 4 unspecified atom stereocenters. The zero-order chi connectivity index (χ0) is 47.8. The monoisotopic (exact) mass is 850 g/mol. The summed E-state index contributed by atoms with van der Waals surface area (Å²) in [7, 11) is 0. The highest BCUT2D eigenvalue weighted by atomic mass is 16.8. The molecule has 0 saturated carbocycles. The van der Waals surface area contributed by atoms with Crippen molar-refractivity contribution in [3.63, 3.8) is 0 Å². The molecule has 0 aliphatic rings. The second-order valence-electron chi connectivity index (χ2n) is 10.3. The number of nitrogens with one attached hydrogen (secondary N) is 8. The lowest BCUT2D eigenvalue weighted by molar-refractivity contribution is -0.378. The van der Waals surface area contributed by atoms with E-state index in [4.69, 9.17) is 14.2 Å². The summed E-state index contributed by atoms with van der Waals surface area (Å²) in [5, 5.41) is 30.9. The van der Waals surface area contributed by atoms with E-state index in [1.807, 2.05) is 0 Å². The van der Waals surface area contributed by atoms with E-state index >= 15 is 0 Å². The minimum absolute atomic E-state index is 0.465. The van der Waals surface area contributed by atoms with Gasteiger partial charge in [0.1, 0.15) is 0 Å². The highest BCUT2D eigenvalue weighted by molar-refractivity contribution is 5.76. The van der Waals surface area contributed by atoms with Crippen molar-refractivity contribution in [3.05, 3.63) is 0 Å². The molecule has 0 spiro atoms. The van der Waals surface area contributed by atoms with Gasteiger partial charge in [-0.15, -0.1) is 0 Å². The highest BCUT2D eigenvalue weighted by Gasteiger charge is 2.49. The second-order valence-corrected chi connectivity index (χ2v) is 10.3. The van der Waals surface area contributed by atoms with Crippen LogP contribution in [0.4, 0.5) is 0 Å². The molecule has 314 valence electrons. The Kier molecular flexibility index (Phi) is 27.6. The van der Waals surface area contributed by atoms with Crippen LogP contribution in [0.1, 0.15) is 55.4 Å². The smallest absolute Gasteiger partial charge is 0.335 e. The summed E-state index contributed by atoms with van der Waals surface area (Å²) < 4.78 is 18.7. The number of hydrogen-bond acceptors (Lipinski definition) is 12. The number of carbonyl (C=O) groups excluding carboxylic acids is 4. The Balaban J connectivity index is 8.96. The van der Waals surface area contributed by atoms with Crippen molar-refractivity contribution in [2.24, 2.45) is 0 Å². The fourth-order valence-electron chi connectivity index (χ4n) is 2.94. The molecular weight excluding hydrogens is 817 g/mol. The van der Waals surface area contributed by atoms with E-state index in [9.17, 15) is 24.3 Å². The molecule has 0 heterocycles. The molecule has 0 bridgehead atoms. The molecule has 9 N–H and O–H groups in total. The number of rotatable bonds is 10. The van der Waals surface area contributed by atoms with Crippen LogP contribution in [0.25, 0.3) is 0 Å². The van der Waals surface area contributed by atoms with Crippen LogP contribution < -0.4 is 42.5 Å². The Hall–Kier alpha value is -10.1. The molecule has 0 aliphatic heterocycles. The molecule has 16 nitrogen and oxygen atoms in total. The zero-order valence-electron chi connectivity index (χ0n) is 35.4. The van der Waals surface area contributed by atoms with Gasteiger partial charge in [0.25, 0.3) is 0 Å². The Morgan fingerprint density at radius 1 is 0.422 bits per heavy atom. The van der Waals surface area contributed by atoms with Crippen LogP contribution in [0.15, 0.2) is 0 Å². The van der Waals surface area contributed by atoms with Gasteiger partial charge in [0.15, 0.2) is 0 Å². The van der Waals surface area contributed by atoms with Crippen molar-refractivity contribution in [2.45, 2.75) is 79.4 Å². The summed E-state index contributed by atoms with van der Waals surface area (Å²) in [6, 6.07) is 19.1. The SMILES string of the molecule is CC#CC#CNC(C#CC#CNC(C)=O)OC(C#CC#CNC(C)=O)(NC#CC#CC)OC(C#CC#CNC(C)=O)(NC#CC#CC)OC(O)(C#CC#CNC(C)=O)NC#CC#CC. The average molecular weight is 851 g/mol. The molecule has 0 rings (SSSR count). The van der Waals surface area contributed by atoms with Crippen LogP contribution in [0.2, 0.25) is 0 Å². The first-order valence-electron chi connectivity index (χ1n) is 17.4. The molecular formula is C48H34N8O8. The highest BCUT2D eigenvalue weighted by Crippen LogP contribution is 2.24. The van der Waals surface area contributed by atoms with Gasteiger partial charge >= 0.3 is 17.7 Å². The number of aliphatic hydroxyl groups is 1. The fourth-order valence-corrected chi connectivity index (χ4v) is 2.94. The van der Waals surface area contributed by atoms with Gasteiger partial charge in [0.05, 0.1) is 0 Å². The third kappa shape index (κ3) is 28.3. The Labute approximate surface area is 373 Å². The van der Waals surface area contributed by atoms with E-state index in [-0.39, 0.29) is 0 Å². The topological polar surface area (TPSA) is 212 Å². The van der Waals surface area contributed by atoms with Crippen molar-refractivity contribution >= 4 is 23.6 Å². The van der Waals surface area contributed by atoms with E-state index in [1.165, 1.54) is 48.5 Å². The summed E-state index contributed by atoms with van der Waals surface area (Å²) in [5.41, 5.74) is 0. The zero-order valence-corrected chi connectivity index (χ0v) is 35.4. The lowest BCUT2D eigenvalue weighted by atomic mass is 10.3. The van der Waals surface area contributed by atoms with Crippen LogP contribution in [-0.4, -0.2) is 52.7 Å². The number of hydrogen-bond donors (Lipinski definition) is 9. The average Bonchev–Trinajstić information content (AvgIpc) is 3.23. The minimum Gasteiger partial charge on any atom is -0.338 e. The van der Waals surface area contributed by atoms with Gasteiger partial charge in [-0.1, -0.05) is 23.7 Å². The van der Waals surface area contributed by atoms with Gasteiger partial charge in [0.2, 0.25) is 29.9 Å². The largest absolute Gasteiger partial charge is 0.338 e. The van der Waals surface area contributed by atoms with Crippen molar-refractivity contribution in [1.29, 1.82) is 0 Å². The van der Waals surface area contributed by atoms with Crippen LogP contribution in [0, 0.1) is 190 Å². The molecule has 0 saturated heterocycles. The Morgan fingerprint density at radius 3 is 1.22 bits per heavy atom. The first-order valence-corrected chi connectivity index (χ1v) is 17.4. The number of ether oxygens (including phenoxy) is 3. The van der Waals surface area contributed by atoms with Gasteiger partial charge in [-0.3, -0.25) is 70.6 Å². The number of carbonyl (C=O) groups is 4. The third-order valence-corrected chi connectivity index (χ3v) is 5.10. The van der Waals surface area contributed by atoms with Crippen molar-refractivity contribution in [2.75, 3.05) is 0 Å². The normalized spacial score (nSPS) is 10.6. The van der Waals surface area contributed by atoms with Crippen molar-refractivity contribution in [1.82, 2.24) is 42.5 Å². The summed E-state index contributed by atoms with van der Waals surface area (Å²) in [5.74, 6) is 48.4. The van der Waals surface area contributed by atoms with E-state index in [1.54, 1.807) is 6.92 Å². The van der Waals surface area contributed by atoms with Gasteiger partial charge in [0, 0.05) is 141 Å². The van der Waals surface area contributed by atoms with Crippen LogP contribution >= 0.6 is 0 Å². The predicted molar refractivity (Wildman–Crippen MR) is 232 cm³/mol. The van der Waals surface area contributed by atoms with Crippen molar-refractivity contribution in [3.8, 4) is 190 Å². The Morgan fingerprint density at radius 2 is 0.781 bits per heavy atom. The first kappa shape index (κ1) is 53.9. The summed E-state index contributed by atoms with van der Waals surface area (Å²) in [6.45, 7) is 10.9. The minimum atomic E-state index is -3.00. The number of amides is 4. The molecule has 0 fully saturated rings. The molecule has 0 aromatic carbocycles. The van der Waals surface area contributed by atoms with Gasteiger partial charge < -0.3 is 10.4 Å². The molecule has 16 heteroatoms. The third-order valence-electron chi connectivity index (χ3n) is 5.10. The maximum absolute atomic E-state index is 11.9. The molecule has 64 heavy (non-hydrogen) atoms. The first-order chi connectivity index (χ1) is 30.7. The van der Waals surface area contributed by atoms with Gasteiger partial charge in [-0.25, -0.2) is 0 Å². The standard InChI is InChI=1S/C48H34N8O8/c1-9-13-21-37-53-45(29-17-25-33-49-41(5)57)62-47(55-39-23-15-11-3,31-19-27-35-51-43(7)59)64-48(56-40-24-16-12-4,32-20-28-36-52-44(8)60)63-46(61,54-38-22-14-10-2)30-18-26-34-50-42(6)58/h45,53-56,61H,1-8H3,(H,49,57)(H,50,58)(H,51,59)(H,52,60). The van der Waals surface area contributed by atoms with Crippen LogP contribution in [-0.2, 0) is 33.4 Å². The fraction of sp³-hybridized carbons (Fsp3) is 0.250. The molecule has 0 aromatic heterocycles. The van der Waals surface area contributed by atoms with E-state index in [2.05, 4.69) is 233 Å². The van der Waals surface area contributed by atoms with Gasteiger partial charge in [-0.05, 0) is 81.0 Å². The van der Waals surface area contributed by atoms with E-state index < -0.39 is 47.6 Å². The quantitative estimate of drug-likeness (QED) is 0.0613. The molecule has 0 aliphatic carbocycles.